The molecule has 2 heterocycles. The predicted octanol–water partition coefficient (Wildman–Crippen LogP) is 5.88. The normalized spacial score (nSPS) is 36.2. The van der Waals surface area contributed by atoms with Gasteiger partial charge in [-0.05, 0) is 105 Å². The number of H-pyrrole nitrogens is 1. The lowest BCUT2D eigenvalue weighted by molar-refractivity contribution is -0.339. The molecule has 1 aliphatic heterocycles. The Morgan fingerprint density at radius 3 is 1.99 bits per heavy atom. The summed E-state index contributed by atoms with van der Waals surface area (Å²) >= 11 is 0. The van der Waals surface area contributed by atoms with Crippen LogP contribution in [0, 0.1) is 45.3 Å². The third kappa shape index (κ3) is 11.5. The summed E-state index contributed by atoms with van der Waals surface area (Å²) in [5, 5.41) is 3.35. The number of aromatic amines is 1. The van der Waals surface area contributed by atoms with Crippen LogP contribution in [0.3, 0.4) is 0 Å². The minimum atomic E-state index is -1.48. The maximum Gasteiger partial charge on any atom is 0.323 e. The van der Waals surface area contributed by atoms with E-state index in [9.17, 15) is 33.6 Å². The maximum atomic E-state index is 13.4. The van der Waals surface area contributed by atoms with Gasteiger partial charge in [0.05, 0.1) is 24.7 Å². The van der Waals surface area contributed by atoms with Gasteiger partial charge in [-0.15, -0.1) is 0 Å². The zero-order valence-corrected chi connectivity index (χ0v) is 44.0. The van der Waals surface area contributed by atoms with Crippen LogP contribution in [-0.2, 0) is 82.6 Å². The Labute approximate surface area is 417 Å². The van der Waals surface area contributed by atoms with Crippen LogP contribution in [0.5, 0.6) is 0 Å². The average Bonchev–Trinajstić information content (AvgIpc) is 3.93. The lowest BCUT2D eigenvalue weighted by Crippen LogP contribution is -2.67. The summed E-state index contributed by atoms with van der Waals surface area (Å²) in [7, 11) is 1.33. The summed E-state index contributed by atoms with van der Waals surface area (Å²) < 4.78 is 54.5. The van der Waals surface area contributed by atoms with Crippen molar-refractivity contribution in [1.82, 2.24) is 15.3 Å². The molecule has 4 aliphatic carbocycles. The number of nitrogens with one attached hydrogen (secondary N) is 2. The van der Waals surface area contributed by atoms with Gasteiger partial charge in [0.25, 0.3) is 0 Å². The van der Waals surface area contributed by atoms with Gasteiger partial charge < -0.3 is 52.9 Å². The molecule has 71 heavy (non-hydrogen) atoms. The number of carbonyl (C=O) groups is 7. The predicted molar refractivity (Wildman–Crippen MR) is 252 cm³/mol. The van der Waals surface area contributed by atoms with Crippen molar-refractivity contribution >= 4 is 41.8 Å². The fourth-order valence-electron chi connectivity index (χ4n) is 14.7. The summed E-state index contributed by atoms with van der Waals surface area (Å²) in [5.74, 6) is -4.31. The fourth-order valence-corrected chi connectivity index (χ4v) is 14.7. The van der Waals surface area contributed by atoms with Gasteiger partial charge in [-0.25, -0.2) is 4.98 Å². The second-order valence-corrected chi connectivity index (χ2v) is 22.4. The quantitative estimate of drug-likeness (QED) is 0.0991. The first-order valence-corrected chi connectivity index (χ1v) is 25.3. The molecule has 1 aromatic heterocycles. The molecule has 4 saturated carbocycles. The van der Waals surface area contributed by atoms with E-state index in [4.69, 9.17) is 42.6 Å². The number of ether oxygens (including phenoxy) is 9. The number of nitrogens with zero attached hydrogens (tertiary/aromatic N) is 1. The van der Waals surface area contributed by atoms with Crippen LogP contribution in [-0.4, -0.2) is 127 Å². The van der Waals surface area contributed by atoms with E-state index in [2.05, 4.69) is 49.9 Å². The third-order valence-corrected chi connectivity index (χ3v) is 17.7. The number of carbonyl (C=O) groups excluding carboxylic acids is 7. The monoisotopic (exact) mass is 1000 g/mol. The van der Waals surface area contributed by atoms with E-state index in [-0.39, 0.29) is 58.4 Å². The molecule has 1 saturated heterocycles. The van der Waals surface area contributed by atoms with Crippen molar-refractivity contribution in [2.45, 2.75) is 202 Å². The molecule has 19 nitrogen and oxygen atoms in total. The van der Waals surface area contributed by atoms with Crippen molar-refractivity contribution in [2.75, 3.05) is 20.3 Å². The molecule has 398 valence electrons. The standard InChI is InChI=1S/C52H79N3O16/c1-28(56)64-26-38-43(67-31(4)59)44(68-32(5)60)45(69-33(6)61)47(70-38)71-52(12,18-14-22-54-36(46(62)63-13)23-34-25-53-27-55-34)35-15-20-51(11)42(35)37(65-29(2)57)24-40-49(9)19-17-41(66-30(3)58)48(7,8)39(49)16-21-50(40,51)10/h25,27,35-45,47,54H,14-24,26H2,1-13H3,(H,53,55)/t35?,36-,37?,38+,39?,40?,41-,42-,43+,44-,45+,47+,49-,50+,51+,52-/m0/s1. The summed E-state index contributed by atoms with van der Waals surface area (Å²) in [5.41, 5.74) is -1.65. The summed E-state index contributed by atoms with van der Waals surface area (Å²) in [4.78, 5) is 96.7. The number of fused-ring (bicyclic) bond motifs is 5. The molecule has 5 fully saturated rings. The van der Waals surface area contributed by atoms with Crippen LogP contribution in [0.1, 0.15) is 147 Å². The largest absolute Gasteiger partial charge is 0.468 e. The van der Waals surface area contributed by atoms with Gasteiger partial charge in [-0.1, -0.05) is 34.6 Å². The second kappa shape index (κ2) is 21.8. The summed E-state index contributed by atoms with van der Waals surface area (Å²) in [6.07, 6.45) is 1.87. The molecule has 5 aliphatic rings. The molecule has 6 rings (SSSR count). The Kier molecular flexibility index (Phi) is 17.1. The number of hydrogen-bond acceptors (Lipinski definition) is 18. The molecule has 16 atom stereocenters. The summed E-state index contributed by atoms with van der Waals surface area (Å²) in [6.45, 7) is 21.1. The molecule has 0 spiro atoms. The highest BCUT2D eigenvalue weighted by atomic mass is 16.7. The molecule has 0 bridgehead atoms. The van der Waals surface area contributed by atoms with Gasteiger partial charge in [0.1, 0.15) is 31.0 Å². The first kappa shape index (κ1) is 55.7. The maximum absolute atomic E-state index is 13.4. The van der Waals surface area contributed by atoms with Crippen molar-refractivity contribution in [1.29, 1.82) is 0 Å². The number of aromatic nitrogens is 2. The molecule has 0 aromatic carbocycles. The highest BCUT2D eigenvalue weighted by Gasteiger charge is 2.73. The van der Waals surface area contributed by atoms with E-state index in [1.165, 1.54) is 48.1 Å². The smallest absolute Gasteiger partial charge is 0.323 e. The minimum absolute atomic E-state index is 0.136. The van der Waals surface area contributed by atoms with Crippen LogP contribution >= 0.6 is 0 Å². The Balaban J connectivity index is 1.43. The van der Waals surface area contributed by atoms with Gasteiger partial charge in [-0.2, -0.15) is 0 Å². The summed E-state index contributed by atoms with van der Waals surface area (Å²) in [6, 6.07) is -0.723. The molecule has 19 heteroatoms. The number of esters is 7. The number of imidazole rings is 1. The Morgan fingerprint density at radius 2 is 1.39 bits per heavy atom. The number of rotatable bonds is 18. The van der Waals surface area contributed by atoms with E-state index in [1.807, 2.05) is 6.92 Å². The van der Waals surface area contributed by atoms with Crippen molar-refractivity contribution in [3.63, 3.8) is 0 Å². The van der Waals surface area contributed by atoms with Gasteiger partial charge in [0, 0.05) is 65.5 Å². The van der Waals surface area contributed by atoms with Crippen LogP contribution in [0.15, 0.2) is 12.5 Å². The van der Waals surface area contributed by atoms with Gasteiger partial charge in [-0.3, -0.25) is 33.6 Å². The van der Waals surface area contributed by atoms with Crippen molar-refractivity contribution in [3.05, 3.63) is 18.2 Å². The van der Waals surface area contributed by atoms with Crippen LogP contribution in [0.4, 0.5) is 0 Å². The lowest BCUT2D eigenvalue weighted by Gasteiger charge is -2.70. The van der Waals surface area contributed by atoms with E-state index in [0.717, 1.165) is 39.0 Å². The van der Waals surface area contributed by atoms with Crippen LogP contribution in [0.2, 0.25) is 0 Å². The van der Waals surface area contributed by atoms with E-state index < -0.39 is 96.3 Å². The fraction of sp³-hybridized carbons (Fsp3) is 0.808. The molecular weight excluding hydrogens is 923 g/mol. The number of hydrogen-bond donors (Lipinski definition) is 2. The highest BCUT2D eigenvalue weighted by Crippen LogP contribution is 2.76. The minimum Gasteiger partial charge on any atom is -0.468 e. The third-order valence-electron chi connectivity index (χ3n) is 17.7. The molecular formula is C52H79N3O16. The van der Waals surface area contributed by atoms with E-state index >= 15 is 0 Å². The first-order chi connectivity index (χ1) is 33.2. The van der Waals surface area contributed by atoms with Gasteiger partial charge in [0.2, 0.25) is 0 Å². The van der Waals surface area contributed by atoms with E-state index in [0.29, 0.717) is 37.9 Å². The molecule has 0 radical (unpaired) electrons. The first-order valence-electron chi connectivity index (χ1n) is 25.3. The molecule has 1 aromatic rings. The van der Waals surface area contributed by atoms with Crippen LogP contribution in [0.25, 0.3) is 0 Å². The molecule has 0 amide bonds. The second-order valence-electron chi connectivity index (χ2n) is 22.4. The van der Waals surface area contributed by atoms with Gasteiger partial charge in [0.15, 0.2) is 24.6 Å². The zero-order chi connectivity index (χ0) is 52.4. The highest BCUT2D eigenvalue weighted by molar-refractivity contribution is 5.76. The van der Waals surface area contributed by atoms with Gasteiger partial charge >= 0.3 is 41.8 Å². The van der Waals surface area contributed by atoms with Crippen molar-refractivity contribution < 1.29 is 76.2 Å². The Morgan fingerprint density at radius 1 is 0.775 bits per heavy atom. The average molecular weight is 1000 g/mol. The zero-order valence-electron chi connectivity index (χ0n) is 44.0. The van der Waals surface area contributed by atoms with Crippen molar-refractivity contribution in [3.8, 4) is 0 Å². The SMILES string of the molecule is COC(=O)[C@H](Cc1c[nH]cn1)NCCC[C@](C)(O[C@H]1O[C@H](COC(C)=O)[C@@H](OC(C)=O)[C@H](OC(C)=O)[C@H]1OC(C)=O)C1CC[C@]2(C)[C@@H]1C(OC(C)=O)CC1[C@@]3(C)CC[C@H](OC(C)=O)C(C)(C)C3CC[C@]12C. The molecule has 4 unspecified atom stereocenters. The van der Waals surface area contributed by atoms with Crippen LogP contribution < -0.4 is 5.32 Å². The molecule has 2 N–H and O–H groups in total. The Bertz CT molecular complexity index is 2120. The van der Waals surface area contributed by atoms with E-state index in [1.54, 1.807) is 6.20 Å². The number of methoxy groups -OCH3 is 1. The topological polar surface area (TPSA) is 243 Å². The lowest BCUT2D eigenvalue weighted by atomic mass is 9.35. The Hall–Kier alpha value is -4.62. The van der Waals surface area contributed by atoms with Crippen molar-refractivity contribution in [2.24, 2.45) is 45.3 Å².